The maximum atomic E-state index is 12.0. The van der Waals surface area contributed by atoms with Crippen molar-refractivity contribution < 1.29 is 14.7 Å². The Bertz CT molecular complexity index is 609. The van der Waals surface area contributed by atoms with Crippen molar-refractivity contribution in [3.05, 3.63) is 47.5 Å². The van der Waals surface area contributed by atoms with Gasteiger partial charge in [0.15, 0.2) is 0 Å². The van der Waals surface area contributed by atoms with Gasteiger partial charge in [-0.05, 0) is 12.5 Å². The van der Waals surface area contributed by atoms with Gasteiger partial charge in [0, 0.05) is 0 Å². The Morgan fingerprint density at radius 2 is 2.05 bits per heavy atom. The lowest BCUT2D eigenvalue weighted by atomic mass is 10.0. The van der Waals surface area contributed by atoms with E-state index in [-0.39, 0.29) is 12.2 Å². The van der Waals surface area contributed by atoms with Crippen LogP contribution in [0.4, 0.5) is 0 Å². The van der Waals surface area contributed by atoms with Crippen molar-refractivity contribution in [2.24, 2.45) is 0 Å². The van der Waals surface area contributed by atoms with Crippen LogP contribution in [-0.2, 0) is 4.79 Å². The molecule has 3 N–H and O–H groups in total. The third-order valence-corrected chi connectivity index (χ3v) is 2.69. The van der Waals surface area contributed by atoms with Crippen molar-refractivity contribution in [3.63, 3.8) is 0 Å². The Morgan fingerprint density at radius 3 is 2.60 bits per heavy atom. The summed E-state index contributed by atoms with van der Waals surface area (Å²) in [6, 6.07) is 8.29. The molecule has 1 atom stereocenters. The van der Waals surface area contributed by atoms with Gasteiger partial charge in [-0.15, -0.1) is 5.10 Å². The number of amides is 1. The van der Waals surface area contributed by atoms with Crippen molar-refractivity contribution in [1.29, 1.82) is 0 Å². The average Bonchev–Trinajstić information content (AvgIpc) is 2.85. The zero-order valence-electron chi connectivity index (χ0n) is 10.8. The first-order valence-electron chi connectivity index (χ1n) is 6.03. The maximum absolute atomic E-state index is 12.0. The second-order valence-corrected chi connectivity index (χ2v) is 4.28. The van der Waals surface area contributed by atoms with E-state index in [0.29, 0.717) is 5.82 Å². The highest BCUT2D eigenvalue weighted by Gasteiger charge is 2.20. The quantitative estimate of drug-likeness (QED) is 0.755. The molecule has 0 fully saturated rings. The van der Waals surface area contributed by atoms with E-state index in [2.05, 4.69) is 20.5 Å². The van der Waals surface area contributed by atoms with Crippen LogP contribution in [0.5, 0.6) is 0 Å². The Morgan fingerprint density at radius 1 is 1.35 bits per heavy atom. The van der Waals surface area contributed by atoms with Gasteiger partial charge in [0.05, 0.1) is 12.5 Å². The molecule has 0 radical (unpaired) electrons. The first kappa shape index (κ1) is 13.7. The fourth-order valence-electron chi connectivity index (χ4n) is 1.78. The van der Waals surface area contributed by atoms with Gasteiger partial charge in [0.1, 0.15) is 5.82 Å². The molecule has 0 aliphatic carbocycles. The lowest BCUT2D eigenvalue weighted by Crippen LogP contribution is -2.31. The fraction of sp³-hybridized carbons (Fsp3) is 0.231. The molecule has 0 aliphatic rings. The van der Waals surface area contributed by atoms with E-state index in [1.807, 2.05) is 6.07 Å². The number of carbonyl (C=O) groups excluding carboxylic acids is 1. The summed E-state index contributed by atoms with van der Waals surface area (Å²) < 4.78 is 0. The van der Waals surface area contributed by atoms with Crippen LogP contribution < -0.4 is 5.32 Å². The van der Waals surface area contributed by atoms with Gasteiger partial charge >= 0.3 is 5.97 Å². The Kier molecular flexibility index (Phi) is 4.09. The number of rotatable bonds is 5. The van der Waals surface area contributed by atoms with Gasteiger partial charge in [0.2, 0.25) is 5.82 Å². The van der Waals surface area contributed by atoms with Gasteiger partial charge in [-0.25, -0.2) is 4.98 Å². The third-order valence-electron chi connectivity index (χ3n) is 2.69. The molecule has 1 aromatic heterocycles. The molecule has 0 spiro atoms. The predicted molar refractivity (Wildman–Crippen MR) is 70.0 cm³/mol. The summed E-state index contributed by atoms with van der Waals surface area (Å²) in [6.45, 7) is 1.68. The van der Waals surface area contributed by atoms with Crippen molar-refractivity contribution >= 4 is 11.9 Å². The van der Waals surface area contributed by atoms with Gasteiger partial charge in [-0.1, -0.05) is 30.3 Å². The van der Waals surface area contributed by atoms with Crippen molar-refractivity contribution in [3.8, 4) is 0 Å². The van der Waals surface area contributed by atoms with E-state index >= 15 is 0 Å². The molecule has 104 valence electrons. The Hall–Kier alpha value is -2.70. The third kappa shape index (κ3) is 3.41. The highest BCUT2D eigenvalue weighted by Crippen LogP contribution is 2.16. The Labute approximate surface area is 115 Å². The molecule has 7 heteroatoms. The highest BCUT2D eigenvalue weighted by molar-refractivity contribution is 5.90. The van der Waals surface area contributed by atoms with Crippen LogP contribution in [0, 0.1) is 6.92 Å². The van der Waals surface area contributed by atoms with Gasteiger partial charge in [-0.2, -0.15) is 0 Å². The minimum absolute atomic E-state index is 0.00572. The molecule has 20 heavy (non-hydrogen) atoms. The SMILES string of the molecule is Cc1nc(C(=O)NC(CC(=O)O)c2ccccc2)n[nH]1. The smallest absolute Gasteiger partial charge is 0.305 e. The number of H-pyrrole nitrogens is 1. The molecule has 2 aromatic rings. The number of aromatic amines is 1. The van der Waals surface area contributed by atoms with Crippen molar-refractivity contribution in [1.82, 2.24) is 20.5 Å². The molecular formula is C13H14N4O3. The molecule has 1 heterocycles. The first-order valence-corrected chi connectivity index (χ1v) is 6.03. The van der Waals surface area contributed by atoms with Gasteiger partial charge in [0.25, 0.3) is 5.91 Å². The minimum Gasteiger partial charge on any atom is -0.481 e. The normalized spacial score (nSPS) is 11.8. The summed E-state index contributed by atoms with van der Waals surface area (Å²) >= 11 is 0. The number of hydrogen-bond donors (Lipinski definition) is 3. The number of carboxylic acid groups (broad SMARTS) is 1. The first-order chi connectivity index (χ1) is 9.56. The molecule has 1 amide bonds. The van der Waals surface area contributed by atoms with E-state index in [0.717, 1.165) is 5.56 Å². The summed E-state index contributed by atoms with van der Waals surface area (Å²) in [5, 5.41) is 17.9. The molecule has 0 saturated carbocycles. The second-order valence-electron chi connectivity index (χ2n) is 4.28. The van der Waals surface area contributed by atoms with Crippen molar-refractivity contribution in [2.75, 3.05) is 0 Å². The summed E-state index contributed by atoms with van der Waals surface area (Å²) in [5.41, 5.74) is 0.718. The largest absolute Gasteiger partial charge is 0.481 e. The highest BCUT2D eigenvalue weighted by atomic mass is 16.4. The van der Waals surface area contributed by atoms with E-state index in [1.54, 1.807) is 31.2 Å². The number of carbonyl (C=O) groups is 2. The second kappa shape index (κ2) is 5.96. The van der Waals surface area contributed by atoms with Crippen LogP contribution >= 0.6 is 0 Å². The van der Waals surface area contributed by atoms with E-state index in [1.165, 1.54) is 0 Å². The lowest BCUT2D eigenvalue weighted by Gasteiger charge is -2.16. The number of nitrogens with zero attached hydrogens (tertiary/aromatic N) is 2. The molecule has 7 nitrogen and oxygen atoms in total. The van der Waals surface area contributed by atoms with Crippen LogP contribution in [-0.4, -0.2) is 32.2 Å². The number of aliphatic carboxylic acids is 1. The Balaban J connectivity index is 2.16. The summed E-state index contributed by atoms with van der Waals surface area (Å²) in [4.78, 5) is 26.8. The van der Waals surface area contributed by atoms with Crippen LogP contribution in [0.3, 0.4) is 0 Å². The average molecular weight is 274 g/mol. The standard InChI is InChI=1S/C13H14N4O3/c1-8-14-12(17-16-8)13(20)15-10(7-11(18)19)9-5-3-2-4-6-9/h2-6,10H,7H2,1H3,(H,15,20)(H,18,19)(H,14,16,17). The van der Waals surface area contributed by atoms with E-state index < -0.39 is 17.9 Å². The number of benzene rings is 1. The molecule has 1 aromatic carbocycles. The number of hydrogen-bond acceptors (Lipinski definition) is 4. The summed E-state index contributed by atoms with van der Waals surface area (Å²) in [7, 11) is 0. The predicted octanol–water partition coefficient (Wildman–Crippen LogP) is 1.06. The van der Waals surface area contributed by atoms with Crippen LogP contribution in [0.1, 0.15) is 34.5 Å². The summed E-state index contributed by atoms with van der Waals surface area (Å²) in [5.74, 6) is -0.992. The van der Waals surface area contributed by atoms with E-state index in [4.69, 9.17) is 5.11 Å². The van der Waals surface area contributed by atoms with Crippen LogP contribution in [0.25, 0.3) is 0 Å². The number of nitrogens with one attached hydrogen (secondary N) is 2. The van der Waals surface area contributed by atoms with Crippen molar-refractivity contribution in [2.45, 2.75) is 19.4 Å². The molecule has 1 unspecified atom stereocenters. The summed E-state index contributed by atoms with van der Waals surface area (Å²) in [6.07, 6.45) is -0.209. The van der Waals surface area contributed by atoms with Gasteiger partial charge in [-0.3, -0.25) is 14.7 Å². The molecule has 0 saturated heterocycles. The number of aromatic nitrogens is 3. The molecule has 2 rings (SSSR count). The topological polar surface area (TPSA) is 108 Å². The molecule has 0 aliphatic heterocycles. The van der Waals surface area contributed by atoms with Gasteiger partial charge < -0.3 is 10.4 Å². The maximum Gasteiger partial charge on any atom is 0.305 e. The molecular weight excluding hydrogens is 260 g/mol. The zero-order chi connectivity index (χ0) is 14.5. The molecule has 0 bridgehead atoms. The van der Waals surface area contributed by atoms with E-state index in [9.17, 15) is 9.59 Å². The number of aryl methyl sites for hydroxylation is 1. The monoisotopic (exact) mass is 274 g/mol. The number of carboxylic acids is 1. The zero-order valence-corrected chi connectivity index (χ0v) is 10.8. The lowest BCUT2D eigenvalue weighted by molar-refractivity contribution is -0.137. The fourth-order valence-corrected chi connectivity index (χ4v) is 1.78. The van der Waals surface area contributed by atoms with Crippen LogP contribution in [0.15, 0.2) is 30.3 Å². The minimum atomic E-state index is -0.995. The van der Waals surface area contributed by atoms with Crippen LogP contribution in [0.2, 0.25) is 0 Å².